The number of methoxy groups -OCH3 is 2. The highest BCUT2D eigenvalue weighted by Crippen LogP contribution is 2.31. The van der Waals surface area contributed by atoms with Gasteiger partial charge in [0.25, 0.3) is 0 Å². The van der Waals surface area contributed by atoms with E-state index in [1.54, 1.807) is 25.6 Å². The monoisotopic (exact) mass is 345 g/mol. The molecule has 0 radical (unpaired) electrons. The molecule has 0 saturated heterocycles. The predicted molar refractivity (Wildman–Crippen MR) is 93.5 cm³/mol. The summed E-state index contributed by atoms with van der Waals surface area (Å²) in [5.74, 6) is 2.66. The molecule has 3 rings (SSSR count). The Labute approximate surface area is 143 Å². The zero-order chi connectivity index (χ0) is 17.1. The van der Waals surface area contributed by atoms with Gasteiger partial charge in [-0.15, -0.1) is 11.3 Å². The van der Waals surface area contributed by atoms with E-state index in [1.807, 2.05) is 25.1 Å². The van der Waals surface area contributed by atoms with Crippen LogP contribution < -0.4 is 15.2 Å². The van der Waals surface area contributed by atoms with Gasteiger partial charge in [0.15, 0.2) is 11.6 Å². The number of aromatic nitrogens is 4. The standard InChI is InChI=1S/C16H19N5O2S/c1-9-14(24-13(18-9)4-5-17)16-19-15(20-21-16)10-6-11(22-2)8-12(7-10)23-3/h6-8H,4-5,17H2,1-3H3,(H,19,20,21). The number of aromatic amines is 1. The summed E-state index contributed by atoms with van der Waals surface area (Å²) in [6.07, 6.45) is 0.763. The number of benzene rings is 1. The van der Waals surface area contributed by atoms with Crippen LogP contribution in [0.3, 0.4) is 0 Å². The zero-order valence-corrected chi connectivity index (χ0v) is 14.6. The Morgan fingerprint density at radius 1 is 1.12 bits per heavy atom. The van der Waals surface area contributed by atoms with E-state index in [0.717, 1.165) is 27.6 Å². The highest BCUT2D eigenvalue weighted by molar-refractivity contribution is 7.15. The van der Waals surface area contributed by atoms with Crippen molar-refractivity contribution in [2.75, 3.05) is 20.8 Å². The van der Waals surface area contributed by atoms with Crippen molar-refractivity contribution >= 4 is 11.3 Å². The third-order valence-electron chi connectivity index (χ3n) is 3.51. The average Bonchev–Trinajstić information content (AvgIpc) is 3.21. The molecule has 24 heavy (non-hydrogen) atoms. The topological polar surface area (TPSA) is 98.9 Å². The first kappa shape index (κ1) is 16.4. The fourth-order valence-electron chi connectivity index (χ4n) is 2.33. The molecule has 0 atom stereocenters. The Bertz CT molecular complexity index is 821. The second kappa shape index (κ2) is 6.98. The van der Waals surface area contributed by atoms with Crippen LogP contribution >= 0.6 is 11.3 Å². The van der Waals surface area contributed by atoms with E-state index < -0.39 is 0 Å². The minimum atomic E-state index is 0.579. The minimum absolute atomic E-state index is 0.579. The van der Waals surface area contributed by atoms with Crippen molar-refractivity contribution in [2.45, 2.75) is 13.3 Å². The van der Waals surface area contributed by atoms with Gasteiger partial charge >= 0.3 is 0 Å². The molecule has 3 N–H and O–H groups in total. The van der Waals surface area contributed by atoms with Gasteiger partial charge in [-0.2, -0.15) is 5.10 Å². The maximum atomic E-state index is 5.60. The largest absolute Gasteiger partial charge is 0.497 e. The lowest BCUT2D eigenvalue weighted by molar-refractivity contribution is 0.394. The number of ether oxygens (including phenoxy) is 2. The normalized spacial score (nSPS) is 10.8. The summed E-state index contributed by atoms with van der Waals surface area (Å²) in [6.45, 7) is 2.54. The summed E-state index contributed by atoms with van der Waals surface area (Å²) in [5, 5.41) is 8.31. The second-order valence-electron chi connectivity index (χ2n) is 5.17. The van der Waals surface area contributed by atoms with Crippen molar-refractivity contribution in [3.8, 4) is 33.6 Å². The molecule has 0 bridgehead atoms. The maximum Gasteiger partial charge on any atom is 0.181 e. The molecular weight excluding hydrogens is 326 g/mol. The van der Waals surface area contributed by atoms with E-state index in [0.29, 0.717) is 29.7 Å². The highest BCUT2D eigenvalue weighted by atomic mass is 32.1. The number of hydrogen-bond donors (Lipinski definition) is 2. The first-order chi connectivity index (χ1) is 11.6. The van der Waals surface area contributed by atoms with E-state index in [-0.39, 0.29) is 0 Å². The molecule has 8 heteroatoms. The number of hydrogen-bond acceptors (Lipinski definition) is 7. The lowest BCUT2D eigenvalue weighted by atomic mass is 10.2. The number of nitrogens with zero attached hydrogens (tertiary/aromatic N) is 3. The lowest BCUT2D eigenvalue weighted by Gasteiger charge is -2.05. The van der Waals surface area contributed by atoms with E-state index in [2.05, 4.69) is 20.2 Å². The molecule has 2 aromatic heterocycles. The van der Waals surface area contributed by atoms with Gasteiger partial charge in [-0.05, 0) is 25.6 Å². The van der Waals surface area contributed by atoms with Gasteiger partial charge < -0.3 is 15.2 Å². The van der Waals surface area contributed by atoms with Gasteiger partial charge in [0.1, 0.15) is 11.5 Å². The van der Waals surface area contributed by atoms with Gasteiger partial charge in [-0.25, -0.2) is 9.97 Å². The fourth-order valence-corrected chi connectivity index (χ4v) is 3.35. The Balaban J connectivity index is 1.96. The summed E-state index contributed by atoms with van der Waals surface area (Å²) in [6, 6.07) is 5.55. The third kappa shape index (κ3) is 3.24. The lowest BCUT2D eigenvalue weighted by Crippen LogP contribution is -2.01. The summed E-state index contributed by atoms with van der Waals surface area (Å²) in [4.78, 5) is 10.1. The third-order valence-corrected chi connectivity index (χ3v) is 4.73. The average molecular weight is 345 g/mol. The van der Waals surface area contributed by atoms with Crippen molar-refractivity contribution in [2.24, 2.45) is 5.73 Å². The molecule has 2 heterocycles. The van der Waals surface area contributed by atoms with Crippen molar-refractivity contribution in [3.05, 3.63) is 28.9 Å². The summed E-state index contributed by atoms with van der Waals surface area (Å²) >= 11 is 1.59. The Kier molecular flexibility index (Phi) is 4.77. The molecule has 0 saturated carbocycles. The zero-order valence-electron chi connectivity index (χ0n) is 13.8. The van der Waals surface area contributed by atoms with Gasteiger partial charge in [0.05, 0.1) is 29.8 Å². The molecule has 0 fully saturated rings. The Hall–Kier alpha value is -2.45. The maximum absolute atomic E-state index is 5.60. The number of nitrogens with one attached hydrogen (secondary N) is 1. The molecule has 0 unspecified atom stereocenters. The molecule has 3 aromatic rings. The number of H-pyrrole nitrogens is 1. The quantitative estimate of drug-likeness (QED) is 0.712. The summed E-state index contributed by atoms with van der Waals surface area (Å²) in [5.41, 5.74) is 7.34. The Morgan fingerprint density at radius 2 is 1.83 bits per heavy atom. The van der Waals surface area contributed by atoms with Gasteiger partial charge in [0, 0.05) is 18.1 Å². The summed E-state index contributed by atoms with van der Waals surface area (Å²) in [7, 11) is 3.23. The van der Waals surface area contributed by atoms with Crippen LogP contribution in [0.25, 0.3) is 22.1 Å². The van der Waals surface area contributed by atoms with Crippen molar-refractivity contribution < 1.29 is 9.47 Å². The van der Waals surface area contributed by atoms with Crippen LogP contribution in [-0.4, -0.2) is 40.9 Å². The van der Waals surface area contributed by atoms with Crippen LogP contribution in [0.1, 0.15) is 10.7 Å². The first-order valence-corrected chi connectivity index (χ1v) is 8.28. The van der Waals surface area contributed by atoms with Crippen molar-refractivity contribution in [1.29, 1.82) is 0 Å². The van der Waals surface area contributed by atoms with Crippen LogP contribution in [0.4, 0.5) is 0 Å². The molecule has 0 spiro atoms. The SMILES string of the molecule is COc1cc(OC)cc(-c2n[nH]c(-c3sc(CCN)nc3C)n2)c1. The van der Waals surface area contributed by atoms with Crippen LogP contribution in [0.5, 0.6) is 11.5 Å². The molecule has 1 aromatic carbocycles. The van der Waals surface area contributed by atoms with Crippen molar-refractivity contribution in [1.82, 2.24) is 20.2 Å². The van der Waals surface area contributed by atoms with Crippen LogP contribution in [0, 0.1) is 6.92 Å². The van der Waals surface area contributed by atoms with Gasteiger partial charge in [-0.1, -0.05) is 0 Å². The molecule has 0 aliphatic rings. The van der Waals surface area contributed by atoms with Gasteiger partial charge in [-0.3, -0.25) is 5.10 Å². The van der Waals surface area contributed by atoms with Crippen LogP contribution in [0.15, 0.2) is 18.2 Å². The van der Waals surface area contributed by atoms with E-state index >= 15 is 0 Å². The number of aryl methyl sites for hydroxylation is 1. The van der Waals surface area contributed by atoms with E-state index in [1.165, 1.54) is 0 Å². The van der Waals surface area contributed by atoms with Crippen molar-refractivity contribution in [3.63, 3.8) is 0 Å². The fraction of sp³-hybridized carbons (Fsp3) is 0.312. The number of nitrogens with two attached hydrogens (primary N) is 1. The molecule has 7 nitrogen and oxygen atoms in total. The second-order valence-corrected chi connectivity index (χ2v) is 6.25. The summed E-state index contributed by atoms with van der Waals surface area (Å²) < 4.78 is 10.6. The first-order valence-electron chi connectivity index (χ1n) is 7.47. The number of thiazole rings is 1. The predicted octanol–water partition coefficient (Wildman–Crippen LogP) is 2.42. The van der Waals surface area contributed by atoms with E-state index in [9.17, 15) is 0 Å². The minimum Gasteiger partial charge on any atom is -0.497 e. The highest BCUT2D eigenvalue weighted by Gasteiger charge is 2.15. The van der Waals surface area contributed by atoms with E-state index in [4.69, 9.17) is 15.2 Å². The Morgan fingerprint density at radius 3 is 2.46 bits per heavy atom. The smallest absolute Gasteiger partial charge is 0.181 e. The number of rotatable bonds is 6. The van der Waals surface area contributed by atoms with Crippen LogP contribution in [0.2, 0.25) is 0 Å². The van der Waals surface area contributed by atoms with Gasteiger partial charge in [0.2, 0.25) is 0 Å². The molecular formula is C16H19N5O2S. The molecule has 0 aliphatic carbocycles. The molecule has 0 amide bonds. The molecule has 0 aliphatic heterocycles. The van der Waals surface area contributed by atoms with Crippen LogP contribution in [-0.2, 0) is 6.42 Å². The molecule has 126 valence electrons.